The van der Waals surface area contributed by atoms with Gasteiger partial charge in [-0.1, -0.05) is 12.1 Å². The third kappa shape index (κ3) is 3.75. The Bertz CT molecular complexity index is 422. The zero-order valence-electron chi connectivity index (χ0n) is 11.6. The summed E-state index contributed by atoms with van der Waals surface area (Å²) < 4.78 is 18.6. The molecule has 1 aliphatic heterocycles. The predicted molar refractivity (Wildman–Crippen MR) is 72.4 cm³/mol. The molecule has 1 aliphatic rings. The van der Waals surface area contributed by atoms with Crippen molar-refractivity contribution in [3.63, 3.8) is 0 Å². The fourth-order valence-corrected chi connectivity index (χ4v) is 2.46. The maximum absolute atomic E-state index is 13.1. The van der Waals surface area contributed by atoms with Gasteiger partial charge in [0, 0.05) is 18.6 Å². The average Bonchev–Trinajstić information content (AvgIpc) is 2.36. The lowest BCUT2D eigenvalue weighted by atomic mass is 10.0. The zero-order chi connectivity index (χ0) is 13.9. The summed E-state index contributed by atoms with van der Waals surface area (Å²) in [5.41, 5.74) is 0.644. The highest BCUT2D eigenvalue weighted by molar-refractivity contribution is 5.18. The Kier molecular flexibility index (Phi) is 4.55. The van der Waals surface area contributed by atoms with Crippen LogP contribution in [0.2, 0.25) is 0 Å². The highest BCUT2D eigenvalue weighted by Gasteiger charge is 2.30. The molecule has 0 radical (unpaired) electrons. The Morgan fingerprint density at radius 3 is 2.95 bits per heavy atom. The second-order valence-electron chi connectivity index (χ2n) is 5.71. The van der Waals surface area contributed by atoms with E-state index in [2.05, 4.69) is 18.7 Å². The minimum absolute atomic E-state index is 0.0000914. The Labute approximate surface area is 114 Å². The van der Waals surface area contributed by atoms with Crippen molar-refractivity contribution in [2.24, 2.45) is 0 Å². The second kappa shape index (κ2) is 5.99. The van der Waals surface area contributed by atoms with Gasteiger partial charge < -0.3 is 9.84 Å². The molecule has 1 N–H and O–H groups in total. The molecule has 0 aromatic heterocycles. The van der Waals surface area contributed by atoms with Gasteiger partial charge in [-0.25, -0.2) is 4.39 Å². The summed E-state index contributed by atoms with van der Waals surface area (Å²) in [5.74, 6) is -0.303. The van der Waals surface area contributed by atoms with Gasteiger partial charge in [-0.15, -0.1) is 0 Å². The van der Waals surface area contributed by atoms with E-state index in [-0.39, 0.29) is 11.4 Å². The van der Waals surface area contributed by atoms with Gasteiger partial charge in [-0.2, -0.15) is 0 Å². The first kappa shape index (κ1) is 14.4. The fraction of sp³-hybridized carbons (Fsp3) is 0.600. The topological polar surface area (TPSA) is 32.7 Å². The molecule has 0 bridgehead atoms. The van der Waals surface area contributed by atoms with Gasteiger partial charge in [0.15, 0.2) is 0 Å². The molecule has 1 aromatic rings. The van der Waals surface area contributed by atoms with Gasteiger partial charge >= 0.3 is 0 Å². The van der Waals surface area contributed by atoms with E-state index < -0.39 is 6.10 Å². The van der Waals surface area contributed by atoms with Gasteiger partial charge in [0.1, 0.15) is 5.82 Å². The molecule has 19 heavy (non-hydrogen) atoms. The molecule has 106 valence electrons. The molecule has 0 amide bonds. The molecule has 1 saturated heterocycles. The summed E-state index contributed by atoms with van der Waals surface area (Å²) in [6.45, 7) is 7.39. The summed E-state index contributed by atoms with van der Waals surface area (Å²) in [5, 5.41) is 10.1. The molecule has 1 atom stereocenters. The van der Waals surface area contributed by atoms with E-state index in [4.69, 9.17) is 4.74 Å². The molecule has 0 saturated carbocycles. The minimum atomic E-state index is -0.616. The number of morpholine rings is 1. The fourth-order valence-electron chi connectivity index (χ4n) is 2.46. The van der Waals surface area contributed by atoms with E-state index in [1.165, 1.54) is 12.1 Å². The van der Waals surface area contributed by atoms with Crippen LogP contribution in [0.5, 0.6) is 0 Å². The number of hydrogen-bond donors (Lipinski definition) is 1. The number of aliphatic hydroxyl groups is 1. The Morgan fingerprint density at radius 1 is 1.47 bits per heavy atom. The lowest BCUT2D eigenvalue weighted by Crippen LogP contribution is -2.53. The SMILES string of the molecule is CC1(C)COCCN1CCC(O)c1cccc(F)c1. The number of ether oxygens (including phenoxy) is 1. The summed E-state index contributed by atoms with van der Waals surface area (Å²) in [4.78, 5) is 2.32. The molecule has 0 aliphatic carbocycles. The van der Waals surface area contributed by atoms with E-state index >= 15 is 0 Å². The average molecular weight is 267 g/mol. The van der Waals surface area contributed by atoms with Crippen molar-refractivity contribution in [1.29, 1.82) is 0 Å². The van der Waals surface area contributed by atoms with E-state index in [0.717, 1.165) is 19.7 Å². The van der Waals surface area contributed by atoms with Gasteiger partial charge in [0.25, 0.3) is 0 Å². The van der Waals surface area contributed by atoms with Gasteiger partial charge in [-0.3, -0.25) is 4.90 Å². The minimum Gasteiger partial charge on any atom is -0.388 e. The quantitative estimate of drug-likeness (QED) is 0.909. The van der Waals surface area contributed by atoms with Crippen molar-refractivity contribution in [3.05, 3.63) is 35.6 Å². The first-order valence-electron chi connectivity index (χ1n) is 6.75. The van der Waals surface area contributed by atoms with Crippen LogP contribution in [0.25, 0.3) is 0 Å². The molecular weight excluding hydrogens is 245 g/mol. The standard InChI is InChI=1S/C15H22FNO2/c1-15(2)11-19-9-8-17(15)7-6-14(18)12-4-3-5-13(16)10-12/h3-5,10,14,18H,6-9,11H2,1-2H3. The Balaban J connectivity index is 1.91. The monoisotopic (exact) mass is 267 g/mol. The van der Waals surface area contributed by atoms with Crippen LogP contribution < -0.4 is 0 Å². The predicted octanol–water partition coefficient (Wildman–Crippen LogP) is 2.36. The van der Waals surface area contributed by atoms with Crippen LogP contribution in [0.4, 0.5) is 4.39 Å². The molecular formula is C15H22FNO2. The van der Waals surface area contributed by atoms with Crippen molar-refractivity contribution in [3.8, 4) is 0 Å². The summed E-state index contributed by atoms with van der Waals surface area (Å²) in [7, 11) is 0. The summed E-state index contributed by atoms with van der Waals surface area (Å²) in [6.07, 6.45) is -0.0123. The van der Waals surface area contributed by atoms with E-state index in [1.807, 2.05) is 0 Å². The number of hydrogen-bond acceptors (Lipinski definition) is 3. The smallest absolute Gasteiger partial charge is 0.123 e. The van der Waals surface area contributed by atoms with E-state index in [1.54, 1.807) is 12.1 Å². The van der Waals surface area contributed by atoms with Crippen molar-refractivity contribution in [1.82, 2.24) is 4.90 Å². The highest BCUT2D eigenvalue weighted by atomic mass is 19.1. The van der Waals surface area contributed by atoms with E-state index in [9.17, 15) is 9.50 Å². The molecule has 2 rings (SSSR count). The third-order valence-electron chi connectivity index (χ3n) is 3.72. The number of rotatable bonds is 4. The van der Waals surface area contributed by atoms with Crippen molar-refractivity contribution < 1.29 is 14.2 Å². The van der Waals surface area contributed by atoms with Crippen LogP contribution >= 0.6 is 0 Å². The first-order chi connectivity index (χ1) is 8.99. The van der Waals surface area contributed by atoms with Gasteiger partial charge in [0.2, 0.25) is 0 Å². The Hall–Kier alpha value is -0.970. The third-order valence-corrected chi connectivity index (χ3v) is 3.72. The van der Waals surface area contributed by atoms with Crippen molar-refractivity contribution in [2.45, 2.75) is 31.9 Å². The van der Waals surface area contributed by atoms with Crippen LogP contribution in [-0.4, -0.2) is 41.8 Å². The largest absolute Gasteiger partial charge is 0.388 e. The second-order valence-corrected chi connectivity index (χ2v) is 5.71. The number of halogens is 1. The summed E-state index contributed by atoms with van der Waals surface area (Å²) in [6, 6.07) is 6.18. The van der Waals surface area contributed by atoms with Crippen LogP contribution in [0, 0.1) is 5.82 Å². The first-order valence-corrected chi connectivity index (χ1v) is 6.75. The molecule has 0 spiro atoms. The molecule has 1 aromatic carbocycles. The number of nitrogens with zero attached hydrogens (tertiary/aromatic N) is 1. The van der Waals surface area contributed by atoms with Crippen LogP contribution in [0.15, 0.2) is 24.3 Å². The molecule has 1 unspecified atom stereocenters. The van der Waals surface area contributed by atoms with Gasteiger partial charge in [-0.05, 0) is 38.0 Å². The normalized spacial score (nSPS) is 21.3. The lowest BCUT2D eigenvalue weighted by Gasteiger charge is -2.42. The van der Waals surface area contributed by atoms with Crippen LogP contribution in [0.3, 0.4) is 0 Å². The Morgan fingerprint density at radius 2 is 2.26 bits per heavy atom. The number of aliphatic hydroxyl groups excluding tert-OH is 1. The highest BCUT2D eigenvalue weighted by Crippen LogP contribution is 2.23. The van der Waals surface area contributed by atoms with Crippen LogP contribution in [0.1, 0.15) is 31.9 Å². The number of benzene rings is 1. The lowest BCUT2D eigenvalue weighted by molar-refractivity contribution is -0.0552. The molecule has 1 heterocycles. The van der Waals surface area contributed by atoms with Crippen molar-refractivity contribution >= 4 is 0 Å². The summed E-state index contributed by atoms with van der Waals surface area (Å²) >= 11 is 0. The van der Waals surface area contributed by atoms with E-state index in [0.29, 0.717) is 18.6 Å². The van der Waals surface area contributed by atoms with Gasteiger partial charge in [0.05, 0.1) is 19.3 Å². The molecule has 1 fully saturated rings. The van der Waals surface area contributed by atoms with Crippen molar-refractivity contribution in [2.75, 3.05) is 26.3 Å². The maximum Gasteiger partial charge on any atom is 0.123 e. The maximum atomic E-state index is 13.1. The zero-order valence-corrected chi connectivity index (χ0v) is 11.6. The molecule has 4 heteroatoms. The molecule has 3 nitrogen and oxygen atoms in total. The van der Waals surface area contributed by atoms with Crippen LogP contribution in [-0.2, 0) is 4.74 Å².